The largest absolute Gasteiger partial charge is 0.500 e. The van der Waals surface area contributed by atoms with Gasteiger partial charge in [0.1, 0.15) is 0 Å². The Morgan fingerprint density at radius 3 is 1.96 bits per heavy atom. The Morgan fingerprint density at radius 1 is 0.852 bits per heavy atom. The minimum absolute atomic E-state index is 0.231. The van der Waals surface area contributed by atoms with Crippen LogP contribution in [0.2, 0.25) is 6.04 Å². The number of nitrogens with one attached hydrogen (secondary N) is 2. The summed E-state index contributed by atoms with van der Waals surface area (Å²) in [7, 11) is -1.32. The quantitative estimate of drug-likeness (QED) is 0.437. The Labute approximate surface area is 162 Å². The van der Waals surface area contributed by atoms with Gasteiger partial charge in [-0.25, -0.2) is 8.42 Å². The van der Waals surface area contributed by atoms with Crippen molar-refractivity contribution >= 4 is 30.2 Å². The average molecular weight is 411 g/mol. The van der Waals surface area contributed by atoms with Crippen molar-refractivity contribution < 1.29 is 21.7 Å². The lowest BCUT2D eigenvalue weighted by Gasteiger charge is -2.24. The van der Waals surface area contributed by atoms with Crippen LogP contribution in [0.4, 0.5) is 11.4 Å². The molecule has 0 radical (unpaired) electrons. The van der Waals surface area contributed by atoms with E-state index in [-0.39, 0.29) is 4.90 Å². The van der Waals surface area contributed by atoms with E-state index in [9.17, 15) is 8.42 Å². The van der Waals surface area contributed by atoms with Crippen LogP contribution >= 0.6 is 0 Å². The molecule has 0 atom stereocenters. The van der Waals surface area contributed by atoms with Gasteiger partial charge >= 0.3 is 8.80 Å². The number of hydrogen-bond acceptors (Lipinski definition) is 6. The van der Waals surface area contributed by atoms with Gasteiger partial charge in [-0.1, -0.05) is 18.2 Å². The molecule has 2 N–H and O–H groups in total. The maximum atomic E-state index is 12.3. The number of benzene rings is 2. The fourth-order valence-electron chi connectivity index (χ4n) is 2.56. The molecule has 2 aromatic carbocycles. The van der Waals surface area contributed by atoms with E-state index in [0.717, 1.165) is 18.7 Å². The fraction of sp³-hybridized carbons (Fsp3) is 0.333. The summed E-state index contributed by atoms with van der Waals surface area (Å²) in [6, 6.07) is 16.1. The maximum absolute atomic E-state index is 12.3. The van der Waals surface area contributed by atoms with Gasteiger partial charge in [0.2, 0.25) is 0 Å². The van der Waals surface area contributed by atoms with Crippen LogP contribution in [0.1, 0.15) is 6.42 Å². The lowest BCUT2D eigenvalue weighted by Crippen LogP contribution is -2.42. The topological polar surface area (TPSA) is 85.9 Å². The summed E-state index contributed by atoms with van der Waals surface area (Å²) in [4.78, 5) is 0.231. The summed E-state index contributed by atoms with van der Waals surface area (Å²) in [6.07, 6.45) is 0.824. The minimum atomic E-state index is -3.58. The smallest absolute Gasteiger partial charge is 0.385 e. The van der Waals surface area contributed by atoms with Gasteiger partial charge in [0.05, 0.1) is 4.90 Å². The first kappa shape index (κ1) is 21.4. The van der Waals surface area contributed by atoms with Crippen LogP contribution in [0.25, 0.3) is 0 Å². The maximum Gasteiger partial charge on any atom is 0.500 e. The van der Waals surface area contributed by atoms with E-state index in [0.29, 0.717) is 11.7 Å². The van der Waals surface area contributed by atoms with Gasteiger partial charge in [0.15, 0.2) is 0 Å². The monoisotopic (exact) mass is 410 g/mol. The standard InChI is InChI=1S/C18H26N2O5SSi/c1-23-27(24-2,25-3)15-7-14-19-16-10-12-17(13-11-16)20-26(21,22)18-8-5-4-6-9-18/h4-6,8-13,19-20H,7,14-15H2,1-3H3. The Bertz CT molecular complexity index is 788. The van der Waals surface area contributed by atoms with Crippen LogP contribution in [0.15, 0.2) is 59.5 Å². The molecule has 148 valence electrons. The van der Waals surface area contributed by atoms with Crippen molar-refractivity contribution in [1.82, 2.24) is 0 Å². The van der Waals surface area contributed by atoms with Gasteiger partial charge in [-0.15, -0.1) is 0 Å². The van der Waals surface area contributed by atoms with Crippen molar-refractivity contribution in [3.8, 4) is 0 Å². The second kappa shape index (κ2) is 9.86. The third kappa shape index (κ3) is 6.05. The molecule has 27 heavy (non-hydrogen) atoms. The van der Waals surface area contributed by atoms with Crippen LogP contribution in [-0.4, -0.2) is 45.1 Å². The number of rotatable bonds is 11. The highest BCUT2D eigenvalue weighted by Gasteiger charge is 2.36. The first-order chi connectivity index (χ1) is 12.9. The Hall–Kier alpha value is -1.91. The van der Waals surface area contributed by atoms with E-state index >= 15 is 0 Å². The molecule has 0 aliphatic heterocycles. The normalized spacial score (nSPS) is 12.0. The summed E-state index contributed by atoms with van der Waals surface area (Å²) >= 11 is 0. The van der Waals surface area contributed by atoms with Crippen molar-refractivity contribution in [2.45, 2.75) is 17.4 Å². The molecule has 0 unspecified atom stereocenters. The zero-order valence-corrected chi connectivity index (χ0v) is 17.6. The van der Waals surface area contributed by atoms with Crippen molar-refractivity contribution in [3.63, 3.8) is 0 Å². The zero-order valence-electron chi connectivity index (χ0n) is 15.8. The van der Waals surface area contributed by atoms with E-state index in [1.165, 1.54) is 0 Å². The summed E-state index contributed by atoms with van der Waals surface area (Å²) in [5, 5.41) is 3.29. The molecule has 7 nitrogen and oxygen atoms in total. The van der Waals surface area contributed by atoms with Crippen LogP contribution in [-0.2, 0) is 23.3 Å². The summed E-state index contributed by atoms with van der Waals surface area (Å²) < 4.78 is 43.4. The second-order valence-electron chi connectivity index (χ2n) is 5.82. The molecule has 0 saturated heterocycles. The molecule has 2 rings (SSSR count). The molecule has 0 saturated carbocycles. The highest BCUT2D eigenvalue weighted by atomic mass is 32.2. The van der Waals surface area contributed by atoms with Crippen LogP contribution in [0.3, 0.4) is 0 Å². The van der Waals surface area contributed by atoms with Gasteiger partial charge in [0.25, 0.3) is 10.0 Å². The number of anilines is 2. The third-order valence-electron chi connectivity index (χ3n) is 4.11. The SMILES string of the molecule is CO[Si](CCCNc1ccc(NS(=O)(=O)c2ccccc2)cc1)(OC)OC. The van der Waals surface area contributed by atoms with Crippen molar-refractivity contribution in [2.75, 3.05) is 37.9 Å². The highest BCUT2D eigenvalue weighted by molar-refractivity contribution is 7.92. The minimum Gasteiger partial charge on any atom is -0.385 e. The summed E-state index contributed by atoms with van der Waals surface area (Å²) in [5.74, 6) is 0. The van der Waals surface area contributed by atoms with Crippen LogP contribution in [0, 0.1) is 0 Å². The van der Waals surface area contributed by atoms with Gasteiger partial charge < -0.3 is 18.6 Å². The van der Waals surface area contributed by atoms with E-state index < -0.39 is 18.8 Å². The molecule has 9 heteroatoms. The van der Waals surface area contributed by atoms with Crippen molar-refractivity contribution in [1.29, 1.82) is 0 Å². The first-order valence-electron chi connectivity index (χ1n) is 8.52. The molecule has 0 aliphatic carbocycles. The lowest BCUT2D eigenvalue weighted by molar-refractivity contribution is 0.123. The molecule has 2 aromatic rings. The second-order valence-corrected chi connectivity index (χ2v) is 10.6. The van der Waals surface area contributed by atoms with Crippen molar-refractivity contribution in [2.24, 2.45) is 0 Å². The molecule has 0 aromatic heterocycles. The Morgan fingerprint density at radius 2 is 1.41 bits per heavy atom. The predicted molar refractivity (Wildman–Crippen MR) is 108 cm³/mol. The van der Waals surface area contributed by atoms with Gasteiger partial charge in [-0.2, -0.15) is 0 Å². The number of sulfonamides is 1. The third-order valence-corrected chi connectivity index (χ3v) is 8.34. The van der Waals surface area contributed by atoms with Crippen LogP contribution < -0.4 is 10.0 Å². The summed E-state index contributed by atoms with van der Waals surface area (Å²) in [6.45, 7) is 0.722. The molecule has 0 fully saturated rings. The first-order valence-corrected chi connectivity index (χ1v) is 11.9. The molecule has 0 bridgehead atoms. The lowest BCUT2D eigenvalue weighted by atomic mass is 10.3. The van der Waals surface area contributed by atoms with Crippen LogP contribution in [0.5, 0.6) is 0 Å². The molecule has 0 heterocycles. The summed E-state index contributed by atoms with van der Waals surface area (Å²) in [5.41, 5.74) is 1.41. The van der Waals surface area contributed by atoms with E-state index in [1.54, 1.807) is 63.8 Å². The molecule has 0 aliphatic rings. The fourth-order valence-corrected chi connectivity index (χ4v) is 5.37. The highest BCUT2D eigenvalue weighted by Crippen LogP contribution is 2.19. The molecular formula is C18H26N2O5SSi. The van der Waals surface area contributed by atoms with Gasteiger partial charge in [0, 0.05) is 45.3 Å². The van der Waals surface area contributed by atoms with E-state index in [1.807, 2.05) is 12.1 Å². The zero-order chi connectivity index (χ0) is 19.8. The average Bonchev–Trinajstić information content (AvgIpc) is 2.70. The Kier molecular flexibility index (Phi) is 7.81. The Balaban J connectivity index is 1.87. The van der Waals surface area contributed by atoms with Gasteiger partial charge in [-0.05, 0) is 42.8 Å². The van der Waals surface area contributed by atoms with Gasteiger partial charge in [-0.3, -0.25) is 4.72 Å². The van der Waals surface area contributed by atoms with Crippen molar-refractivity contribution in [3.05, 3.63) is 54.6 Å². The van der Waals surface area contributed by atoms with E-state index in [2.05, 4.69) is 10.0 Å². The molecule has 0 amide bonds. The van der Waals surface area contributed by atoms with E-state index in [4.69, 9.17) is 13.3 Å². The molecular weight excluding hydrogens is 384 g/mol. The molecule has 0 spiro atoms. The predicted octanol–water partition coefficient (Wildman–Crippen LogP) is 3.17. The number of hydrogen-bond donors (Lipinski definition) is 2.